The Bertz CT molecular complexity index is 1070. The van der Waals surface area contributed by atoms with Crippen LogP contribution in [0.5, 0.6) is 5.75 Å². The fourth-order valence-corrected chi connectivity index (χ4v) is 3.91. The highest BCUT2D eigenvalue weighted by Gasteiger charge is 2.21. The summed E-state index contributed by atoms with van der Waals surface area (Å²) in [5.41, 5.74) is 2.85. The van der Waals surface area contributed by atoms with Crippen LogP contribution in [0.2, 0.25) is 0 Å². The number of benzene rings is 2. The van der Waals surface area contributed by atoms with Crippen LogP contribution in [0.15, 0.2) is 65.1 Å². The van der Waals surface area contributed by atoms with Crippen molar-refractivity contribution < 1.29 is 13.9 Å². The van der Waals surface area contributed by atoms with Crippen molar-refractivity contribution in [3.8, 4) is 23.1 Å². The van der Waals surface area contributed by atoms with E-state index in [-0.39, 0.29) is 5.91 Å². The maximum atomic E-state index is 12.7. The highest BCUT2D eigenvalue weighted by atomic mass is 16.5. The molecule has 0 atom stereocenters. The average Bonchev–Trinajstić information content (AvgIpc) is 3.32. The van der Waals surface area contributed by atoms with Gasteiger partial charge in [-0.25, -0.2) is 0 Å². The maximum absolute atomic E-state index is 12.7. The number of piperazine rings is 1. The molecule has 0 unspecified atom stereocenters. The molecule has 164 valence electrons. The summed E-state index contributed by atoms with van der Waals surface area (Å²) in [4.78, 5) is 17.0. The van der Waals surface area contributed by atoms with Crippen LogP contribution in [0.25, 0.3) is 11.3 Å². The highest BCUT2D eigenvalue weighted by Crippen LogP contribution is 2.25. The van der Waals surface area contributed by atoms with Crippen molar-refractivity contribution in [3.63, 3.8) is 0 Å². The zero-order valence-electron chi connectivity index (χ0n) is 18.3. The first-order valence-corrected chi connectivity index (χ1v) is 10.9. The van der Waals surface area contributed by atoms with Crippen molar-refractivity contribution >= 4 is 5.91 Å². The maximum Gasteiger partial charge on any atom is 0.223 e. The number of amides is 1. The number of hydrogen-bond donors (Lipinski definition) is 0. The summed E-state index contributed by atoms with van der Waals surface area (Å²) in [6.07, 6.45) is 1.05. The second-order valence-corrected chi connectivity index (χ2v) is 7.96. The van der Waals surface area contributed by atoms with Gasteiger partial charge in [-0.15, -0.1) is 0 Å². The van der Waals surface area contributed by atoms with E-state index in [0.29, 0.717) is 18.4 Å². The van der Waals surface area contributed by atoms with Gasteiger partial charge >= 0.3 is 0 Å². The number of rotatable bonds is 7. The van der Waals surface area contributed by atoms with Crippen LogP contribution in [0, 0.1) is 11.3 Å². The minimum atomic E-state index is 0.172. The van der Waals surface area contributed by atoms with E-state index >= 15 is 0 Å². The fraction of sp³-hybridized carbons (Fsp3) is 0.308. The van der Waals surface area contributed by atoms with Gasteiger partial charge in [-0.3, -0.25) is 9.69 Å². The third-order valence-corrected chi connectivity index (χ3v) is 5.84. The van der Waals surface area contributed by atoms with Gasteiger partial charge in [-0.1, -0.05) is 12.1 Å². The molecule has 0 radical (unpaired) electrons. The number of nitrogens with zero attached hydrogens (tertiary/aromatic N) is 3. The largest absolute Gasteiger partial charge is 0.497 e. The molecule has 1 amide bonds. The Balaban J connectivity index is 1.23. The minimum Gasteiger partial charge on any atom is -0.497 e. The number of methoxy groups -OCH3 is 1. The predicted octanol–water partition coefficient (Wildman–Crippen LogP) is 4.10. The van der Waals surface area contributed by atoms with E-state index < -0.39 is 0 Å². The molecule has 6 heteroatoms. The zero-order valence-corrected chi connectivity index (χ0v) is 18.3. The van der Waals surface area contributed by atoms with Crippen molar-refractivity contribution in [1.82, 2.24) is 9.80 Å². The van der Waals surface area contributed by atoms with E-state index in [4.69, 9.17) is 14.4 Å². The number of aryl methyl sites for hydroxylation is 1. The van der Waals surface area contributed by atoms with Crippen molar-refractivity contribution in [2.75, 3.05) is 33.3 Å². The fourth-order valence-electron chi connectivity index (χ4n) is 3.91. The number of hydrogen-bond acceptors (Lipinski definition) is 5. The summed E-state index contributed by atoms with van der Waals surface area (Å²) in [6, 6.07) is 21.5. The molecular weight excluding hydrogens is 402 g/mol. The second kappa shape index (κ2) is 10.2. The average molecular weight is 430 g/mol. The molecule has 0 bridgehead atoms. The molecule has 6 nitrogen and oxygen atoms in total. The summed E-state index contributed by atoms with van der Waals surface area (Å²) >= 11 is 0. The Kier molecular flexibility index (Phi) is 6.88. The third-order valence-electron chi connectivity index (χ3n) is 5.84. The Morgan fingerprint density at radius 2 is 1.72 bits per heavy atom. The summed E-state index contributed by atoms with van der Waals surface area (Å²) in [6.45, 7) is 4.03. The SMILES string of the molecule is COc1ccc(-c2ccc(CCC(=O)N3CCN(Cc4ccc(C#N)cc4)CC3)o2)cc1. The summed E-state index contributed by atoms with van der Waals surface area (Å²) < 4.78 is 11.1. The number of nitriles is 1. The summed E-state index contributed by atoms with van der Waals surface area (Å²) in [7, 11) is 1.65. The number of furan rings is 1. The van der Waals surface area contributed by atoms with Crippen molar-refractivity contribution in [2.24, 2.45) is 0 Å². The van der Waals surface area contributed by atoms with Crippen LogP contribution in [0.1, 0.15) is 23.3 Å². The Morgan fingerprint density at radius 1 is 1.00 bits per heavy atom. The van der Waals surface area contributed by atoms with E-state index in [1.807, 2.05) is 65.6 Å². The van der Waals surface area contributed by atoms with Gasteiger partial charge in [0, 0.05) is 51.1 Å². The Hall–Kier alpha value is -3.56. The van der Waals surface area contributed by atoms with Gasteiger partial charge in [0.15, 0.2) is 0 Å². The molecule has 2 heterocycles. The highest BCUT2D eigenvalue weighted by molar-refractivity contribution is 5.76. The topological polar surface area (TPSA) is 69.7 Å². The number of carbonyl (C=O) groups is 1. The quantitative estimate of drug-likeness (QED) is 0.565. The second-order valence-electron chi connectivity index (χ2n) is 7.96. The van der Waals surface area contributed by atoms with Crippen LogP contribution in [-0.2, 0) is 17.8 Å². The first kappa shape index (κ1) is 21.7. The molecule has 1 aliphatic heterocycles. The molecule has 0 saturated carbocycles. The van der Waals surface area contributed by atoms with Crippen LogP contribution in [0.4, 0.5) is 0 Å². The van der Waals surface area contributed by atoms with Crippen LogP contribution >= 0.6 is 0 Å². The van der Waals surface area contributed by atoms with Crippen LogP contribution in [-0.4, -0.2) is 49.0 Å². The third kappa shape index (κ3) is 5.37. The normalized spacial score (nSPS) is 14.2. The lowest BCUT2D eigenvalue weighted by molar-refractivity contribution is -0.133. The Labute approximate surface area is 188 Å². The van der Waals surface area contributed by atoms with Gasteiger partial charge in [0.1, 0.15) is 17.3 Å². The first-order valence-electron chi connectivity index (χ1n) is 10.9. The standard InChI is InChI=1S/C26H27N3O3/c1-31-23-8-6-22(7-9-23)25-12-10-24(32-25)11-13-26(30)29-16-14-28(15-17-29)19-21-4-2-20(18-27)3-5-21/h2-10,12H,11,13-17,19H2,1H3. The van der Waals surface area contributed by atoms with E-state index in [1.54, 1.807) is 7.11 Å². The van der Waals surface area contributed by atoms with E-state index in [1.165, 1.54) is 5.56 Å². The van der Waals surface area contributed by atoms with E-state index in [9.17, 15) is 4.79 Å². The molecule has 0 spiro atoms. The lowest BCUT2D eigenvalue weighted by atomic mass is 10.1. The van der Waals surface area contributed by atoms with Crippen LogP contribution in [0.3, 0.4) is 0 Å². The van der Waals surface area contributed by atoms with Crippen LogP contribution < -0.4 is 4.74 Å². The van der Waals surface area contributed by atoms with Gasteiger partial charge in [0.25, 0.3) is 0 Å². The molecule has 1 aromatic heterocycles. The number of carbonyl (C=O) groups excluding carboxylic acids is 1. The molecule has 32 heavy (non-hydrogen) atoms. The Morgan fingerprint density at radius 3 is 2.38 bits per heavy atom. The molecule has 1 aliphatic rings. The number of ether oxygens (including phenoxy) is 1. The summed E-state index contributed by atoms with van der Waals surface area (Å²) in [5, 5.41) is 8.91. The minimum absolute atomic E-state index is 0.172. The monoisotopic (exact) mass is 429 g/mol. The van der Waals surface area contributed by atoms with Gasteiger partial charge < -0.3 is 14.1 Å². The van der Waals surface area contributed by atoms with Gasteiger partial charge in [-0.05, 0) is 54.1 Å². The van der Waals surface area contributed by atoms with Gasteiger partial charge in [0.2, 0.25) is 5.91 Å². The zero-order chi connectivity index (χ0) is 22.3. The molecule has 3 aromatic rings. The predicted molar refractivity (Wildman–Crippen MR) is 122 cm³/mol. The lowest BCUT2D eigenvalue weighted by Crippen LogP contribution is -2.48. The first-order chi connectivity index (χ1) is 15.6. The smallest absolute Gasteiger partial charge is 0.223 e. The van der Waals surface area contributed by atoms with Crippen molar-refractivity contribution in [3.05, 3.63) is 77.6 Å². The molecular formula is C26H27N3O3. The molecule has 1 fully saturated rings. The van der Waals surface area contributed by atoms with Crippen molar-refractivity contribution in [1.29, 1.82) is 5.26 Å². The molecule has 2 aromatic carbocycles. The molecule has 0 aliphatic carbocycles. The molecule has 4 rings (SSSR count). The molecule has 1 saturated heterocycles. The summed E-state index contributed by atoms with van der Waals surface area (Å²) in [5.74, 6) is 2.60. The molecule has 0 N–H and O–H groups in total. The van der Waals surface area contributed by atoms with E-state index in [0.717, 1.165) is 55.6 Å². The van der Waals surface area contributed by atoms with Gasteiger partial charge in [0.05, 0.1) is 18.7 Å². The van der Waals surface area contributed by atoms with E-state index in [2.05, 4.69) is 11.0 Å². The van der Waals surface area contributed by atoms with Crippen molar-refractivity contribution in [2.45, 2.75) is 19.4 Å². The van der Waals surface area contributed by atoms with Gasteiger partial charge in [-0.2, -0.15) is 5.26 Å². The lowest BCUT2D eigenvalue weighted by Gasteiger charge is -2.34.